The molecule has 2 fully saturated rings. The van der Waals surface area contributed by atoms with Crippen LogP contribution in [0.15, 0.2) is 0 Å². The first kappa shape index (κ1) is 14.3. The Labute approximate surface area is 107 Å². The van der Waals surface area contributed by atoms with Crippen molar-refractivity contribution in [2.24, 2.45) is 5.41 Å². The predicted molar refractivity (Wildman–Crippen MR) is 72.3 cm³/mol. The van der Waals surface area contributed by atoms with E-state index in [4.69, 9.17) is 0 Å². The van der Waals surface area contributed by atoms with E-state index in [0.29, 0.717) is 5.41 Å². The summed E-state index contributed by atoms with van der Waals surface area (Å²) in [5.74, 6) is 0. The van der Waals surface area contributed by atoms with E-state index >= 15 is 0 Å². The topological polar surface area (TPSA) is 15.3 Å². The highest BCUT2D eigenvalue weighted by molar-refractivity contribution is 5.85. The van der Waals surface area contributed by atoms with Gasteiger partial charge in [0.25, 0.3) is 0 Å². The van der Waals surface area contributed by atoms with Crippen molar-refractivity contribution in [2.75, 3.05) is 19.6 Å². The van der Waals surface area contributed by atoms with Gasteiger partial charge in [-0.1, -0.05) is 20.8 Å². The molecule has 0 spiro atoms. The summed E-state index contributed by atoms with van der Waals surface area (Å²) in [6.45, 7) is 10.8. The van der Waals surface area contributed by atoms with E-state index < -0.39 is 0 Å². The van der Waals surface area contributed by atoms with Gasteiger partial charge >= 0.3 is 0 Å². The molecule has 0 aromatic heterocycles. The molecule has 0 amide bonds. The van der Waals surface area contributed by atoms with E-state index in [9.17, 15) is 0 Å². The normalized spacial score (nSPS) is 25.9. The van der Waals surface area contributed by atoms with Gasteiger partial charge in [-0.05, 0) is 44.2 Å². The van der Waals surface area contributed by atoms with Crippen LogP contribution in [0.4, 0.5) is 0 Å². The third-order valence-electron chi connectivity index (χ3n) is 3.64. The Morgan fingerprint density at radius 3 is 2.25 bits per heavy atom. The molecule has 2 nitrogen and oxygen atoms in total. The highest BCUT2D eigenvalue weighted by Crippen LogP contribution is 2.32. The maximum Gasteiger partial charge on any atom is 0.0235 e. The minimum Gasteiger partial charge on any atom is -0.315 e. The maximum atomic E-state index is 3.49. The summed E-state index contributed by atoms with van der Waals surface area (Å²) in [5.41, 5.74) is 0.485. The molecule has 0 aromatic carbocycles. The highest BCUT2D eigenvalue weighted by atomic mass is 35.5. The Balaban J connectivity index is 0.00000128. The monoisotopic (exact) mass is 246 g/mol. The average molecular weight is 247 g/mol. The fourth-order valence-electron chi connectivity index (χ4n) is 2.46. The molecule has 16 heavy (non-hydrogen) atoms. The molecule has 0 bridgehead atoms. The van der Waals surface area contributed by atoms with Gasteiger partial charge in [0.2, 0.25) is 0 Å². The summed E-state index contributed by atoms with van der Waals surface area (Å²) in [5, 5.41) is 3.49. The Morgan fingerprint density at radius 1 is 1.12 bits per heavy atom. The average Bonchev–Trinajstić information content (AvgIpc) is 2.80. The van der Waals surface area contributed by atoms with Gasteiger partial charge in [-0.15, -0.1) is 12.4 Å². The van der Waals surface area contributed by atoms with E-state index in [0.717, 1.165) is 12.1 Å². The van der Waals surface area contributed by atoms with Crippen molar-refractivity contribution < 1.29 is 0 Å². The number of nitrogens with zero attached hydrogens (tertiary/aromatic N) is 1. The van der Waals surface area contributed by atoms with Gasteiger partial charge in [0.05, 0.1) is 0 Å². The molecule has 1 heterocycles. The predicted octanol–water partition coefficient (Wildman–Crippen LogP) is 2.67. The van der Waals surface area contributed by atoms with Crippen molar-refractivity contribution in [1.82, 2.24) is 10.2 Å². The zero-order valence-corrected chi connectivity index (χ0v) is 11.8. The van der Waals surface area contributed by atoms with Crippen LogP contribution in [0.2, 0.25) is 0 Å². The van der Waals surface area contributed by atoms with Crippen LogP contribution in [-0.2, 0) is 0 Å². The van der Waals surface area contributed by atoms with Crippen LogP contribution < -0.4 is 5.32 Å². The van der Waals surface area contributed by atoms with Crippen molar-refractivity contribution >= 4 is 12.4 Å². The lowest BCUT2D eigenvalue weighted by atomic mass is 9.92. The van der Waals surface area contributed by atoms with Crippen LogP contribution in [0, 0.1) is 5.41 Å². The van der Waals surface area contributed by atoms with Crippen LogP contribution >= 0.6 is 12.4 Å². The van der Waals surface area contributed by atoms with E-state index in [-0.39, 0.29) is 12.4 Å². The van der Waals surface area contributed by atoms with Gasteiger partial charge in [-0.25, -0.2) is 0 Å². The largest absolute Gasteiger partial charge is 0.315 e. The lowest BCUT2D eigenvalue weighted by molar-refractivity contribution is 0.170. The second kappa shape index (κ2) is 5.70. The standard InChI is InChI=1S/C13H26N2.ClH/c1-13(2,3)7-9-15(11-4-5-11)12-6-8-14-10-12;/h11-12,14H,4-10H2,1-3H3;1H. The van der Waals surface area contributed by atoms with Crippen molar-refractivity contribution in [3.8, 4) is 0 Å². The smallest absolute Gasteiger partial charge is 0.0235 e. The minimum atomic E-state index is 0. The Kier molecular flexibility index (Phi) is 5.09. The number of halogens is 1. The lowest BCUT2D eigenvalue weighted by Crippen LogP contribution is -2.40. The summed E-state index contributed by atoms with van der Waals surface area (Å²) in [7, 11) is 0. The first-order chi connectivity index (χ1) is 7.06. The first-order valence-corrected chi connectivity index (χ1v) is 6.53. The van der Waals surface area contributed by atoms with Crippen molar-refractivity contribution in [2.45, 2.75) is 58.5 Å². The molecule has 2 rings (SSSR count). The second-order valence-electron chi connectivity index (χ2n) is 6.43. The second-order valence-corrected chi connectivity index (χ2v) is 6.43. The highest BCUT2D eigenvalue weighted by Gasteiger charge is 2.35. The number of nitrogens with one attached hydrogen (secondary N) is 1. The Hall–Kier alpha value is 0.210. The van der Waals surface area contributed by atoms with Gasteiger partial charge in [0.1, 0.15) is 0 Å². The van der Waals surface area contributed by atoms with Gasteiger partial charge in [0.15, 0.2) is 0 Å². The SMILES string of the molecule is CC(C)(C)CCN(C1CC1)C1CCNC1.Cl. The molecule has 1 aliphatic carbocycles. The van der Waals surface area contributed by atoms with E-state index in [1.807, 2.05) is 0 Å². The molecule has 0 aromatic rings. The molecule has 1 atom stereocenters. The van der Waals surface area contributed by atoms with Crippen molar-refractivity contribution in [3.05, 3.63) is 0 Å². The zero-order chi connectivity index (χ0) is 10.9. The van der Waals surface area contributed by atoms with Crippen LogP contribution in [0.5, 0.6) is 0 Å². The Bertz CT molecular complexity index is 202. The Morgan fingerprint density at radius 2 is 1.81 bits per heavy atom. The zero-order valence-electron chi connectivity index (χ0n) is 11.0. The molecule has 1 saturated heterocycles. The third-order valence-corrected chi connectivity index (χ3v) is 3.64. The summed E-state index contributed by atoms with van der Waals surface area (Å²) in [6, 6.07) is 1.76. The van der Waals surface area contributed by atoms with E-state index in [2.05, 4.69) is 31.0 Å². The molecular weight excluding hydrogens is 220 g/mol. The molecule has 96 valence electrons. The maximum absolute atomic E-state index is 3.49. The minimum absolute atomic E-state index is 0. The van der Waals surface area contributed by atoms with E-state index in [1.54, 1.807) is 0 Å². The quantitative estimate of drug-likeness (QED) is 0.821. The summed E-state index contributed by atoms with van der Waals surface area (Å²) >= 11 is 0. The molecule has 1 saturated carbocycles. The summed E-state index contributed by atoms with van der Waals surface area (Å²) < 4.78 is 0. The number of hydrogen-bond acceptors (Lipinski definition) is 2. The number of rotatable bonds is 4. The van der Waals surface area contributed by atoms with Crippen LogP contribution in [0.1, 0.15) is 46.5 Å². The first-order valence-electron chi connectivity index (χ1n) is 6.53. The van der Waals surface area contributed by atoms with Crippen LogP contribution in [0.3, 0.4) is 0 Å². The summed E-state index contributed by atoms with van der Waals surface area (Å²) in [4.78, 5) is 2.78. The van der Waals surface area contributed by atoms with Crippen LogP contribution in [0.25, 0.3) is 0 Å². The lowest BCUT2D eigenvalue weighted by Gasteiger charge is -2.31. The van der Waals surface area contributed by atoms with Gasteiger partial charge < -0.3 is 5.32 Å². The van der Waals surface area contributed by atoms with Crippen molar-refractivity contribution in [3.63, 3.8) is 0 Å². The van der Waals surface area contributed by atoms with Crippen molar-refractivity contribution in [1.29, 1.82) is 0 Å². The molecule has 2 aliphatic rings. The molecule has 1 unspecified atom stereocenters. The summed E-state index contributed by atoms with van der Waals surface area (Å²) in [6.07, 6.45) is 5.59. The van der Waals surface area contributed by atoms with Crippen LogP contribution in [-0.4, -0.2) is 36.6 Å². The van der Waals surface area contributed by atoms with Gasteiger partial charge in [-0.2, -0.15) is 0 Å². The third kappa shape index (κ3) is 4.23. The molecule has 1 aliphatic heterocycles. The van der Waals surface area contributed by atoms with Gasteiger partial charge in [0, 0.05) is 18.6 Å². The van der Waals surface area contributed by atoms with E-state index in [1.165, 1.54) is 45.3 Å². The fourth-order valence-corrected chi connectivity index (χ4v) is 2.46. The number of hydrogen-bond donors (Lipinski definition) is 1. The fraction of sp³-hybridized carbons (Fsp3) is 1.00. The van der Waals surface area contributed by atoms with Gasteiger partial charge in [-0.3, -0.25) is 4.90 Å². The molecular formula is C13H27ClN2. The molecule has 0 radical (unpaired) electrons. The molecule has 1 N–H and O–H groups in total. The molecule has 3 heteroatoms.